The zero-order valence-electron chi connectivity index (χ0n) is 9.27. The smallest absolute Gasteiger partial charge is 0.228 e. The number of quaternary nitrogens is 1. The molecule has 0 spiro atoms. The summed E-state index contributed by atoms with van der Waals surface area (Å²) >= 11 is 0. The maximum Gasteiger partial charge on any atom is 0.228 e. The lowest BCUT2D eigenvalue weighted by molar-refractivity contribution is -0.713. The minimum Gasteiger partial charge on any atom is -0.317 e. The van der Waals surface area contributed by atoms with Crippen LogP contribution in [0.2, 0.25) is 0 Å². The molecular weight excluding hydrogens is 184 g/mol. The first kappa shape index (κ1) is 13.8. The summed E-state index contributed by atoms with van der Waals surface area (Å²) in [6.07, 6.45) is 5.49. The topological polar surface area (TPSA) is 16.6 Å². The van der Waals surface area contributed by atoms with Gasteiger partial charge in [-0.15, -0.1) is 0 Å². The summed E-state index contributed by atoms with van der Waals surface area (Å²) in [5.41, 5.74) is 0. The van der Waals surface area contributed by atoms with Crippen LogP contribution < -0.4 is 5.32 Å². The first-order valence-corrected chi connectivity index (χ1v) is 5.84. The maximum absolute atomic E-state index is 13.1. The van der Waals surface area contributed by atoms with Crippen LogP contribution in [-0.2, 0) is 0 Å². The Balaban J connectivity index is 3.07. The average Bonchev–Trinajstić information content (AvgIpc) is 2.19. The van der Waals surface area contributed by atoms with Gasteiger partial charge >= 0.3 is 0 Å². The van der Waals surface area contributed by atoms with Gasteiger partial charge in [0.2, 0.25) is 6.30 Å². The van der Waals surface area contributed by atoms with E-state index in [1.54, 1.807) is 5.32 Å². The predicted molar refractivity (Wildman–Crippen MR) is 55.7 cm³/mol. The number of rotatable bonds is 10. The Hall–Kier alpha value is -0.180. The number of hydrogen-bond donors (Lipinski definition) is 1. The van der Waals surface area contributed by atoms with Gasteiger partial charge < -0.3 is 5.32 Å². The molecule has 0 aromatic rings. The molecule has 0 aliphatic heterocycles. The molecule has 3 heteroatoms. The van der Waals surface area contributed by atoms with Crippen molar-refractivity contribution in [2.24, 2.45) is 0 Å². The average molecular weight is 208 g/mol. The molecule has 14 heavy (non-hydrogen) atoms. The Morgan fingerprint density at radius 3 is 2.50 bits per heavy atom. The lowest BCUT2D eigenvalue weighted by atomic mass is 10.2. The Kier molecular flexibility index (Phi) is 10.8. The van der Waals surface area contributed by atoms with Crippen LogP contribution in [0.1, 0.15) is 51.9 Å². The number of hydrogen-bond acceptors (Lipinski definition) is 0. The van der Waals surface area contributed by atoms with Crippen molar-refractivity contribution in [3.8, 4) is 0 Å². The second-order valence-electron chi connectivity index (χ2n) is 3.79. The number of nitrogens with two attached hydrogens (primary N) is 1. The van der Waals surface area contributed by atoms with Gasteiger partial charge in [0.15, 0.2) is 0 Å². The first-order valence-electron chi connectivity index (χ1n) is 5.84. The lowest BCUT2D eigenvalue weighted by Gasteiger charge is -2.06. The quantitative estimate of drug-likeness (QED) is 0.420. The molecule has 0 saturated carbocycles. The van der Waals surface area contributed by atoms with E-state index in [1.165, 1.54) is 12.8 Å². The van der Waals surface area contributed by atoms with E-state index in [0.29, 0.717) is 12.8 Å². The molecule has 0 bridgehead atoms. The molecule has 0 fully saturated rings. The highest BCUT2D eigenvalue weighted by molar-refractivity contribution is 4.43. The highest BCUT2D eigenvalue weighted by Gasteiger charge is 2.07. The van der Waals surface area contributed by atoms with E-state index in [-0.39, 0.29) is 6.67 Å². The van der Waals surface area contributed by atoms with Crippen LogP contribution in [0.25, 0.3) is 0 Å². The fraction of sp³-hybridized carbons (Fsp3) is 1.00. The third-order valence-corrected chi connectivity index (χ3v) is 2.34. The van der Waals surface area contributed by atoms with Crippen LogP contribution in [0.15, 0.2) is 0 Å². The SMILES string of the molecule is CCCCC[NH2+]C(F)CCCCCF. The Bertz CT molecular complexity index is 97.5. The molecule has 0 aliphatic rings. The van der Waals surface area contributed by atoms with E-state index in [0.717, 1.165) is 25.8 Å². The molecule has 0 aliphatic carbocycles. The predicted octanol–water partition coefficient (Wildman–Crippen LogP) is 2.57. The van der Waals surface area contributed by atoms with E-state index in [9.17, 15) is 8.78 Å². The van der Waals surface area contributed by atoms with Gasteiger partial charge in [0.25, 0.3) is 0 Å². The minimum atomic E-state index is -0.772. The highest BCUT2D eigenvalue weighted by atomic mass is 19.1. The summed E-state index contributed by atoms with van der Waals surface area (Å²) in [6, 6.07) is 0. The van der Waals surface area contributed by atoms with Crippen molar-refractivity contribution < 1.29 is 14.1 Å². The van der Waals surface area contributed by atoms with Crippen LogP contribution in [-0.4, -0.2) is 19.5 Å². The Morgan fingerprint density at radius 1 is 1.07 bits per heavy atom. The van der Waals surface area contributed by atoms with E-state index < -0.39 is 6.30 Å². The van der Waals surface area contributed by atoms with Crippen molar-refractivity contribution in [3.63, 3.8) is 0 Å². The summed E-state index contributed by atoms with van der Waals surface area (Å²) in [6.45, 7) is 2.76. The molecule has 86 valence electrons. The molecule has 1 nitrogen and oxygen atoms in total. The fourth-order valence-corrected chi connectivity index (χ4v) is 1.42. The largest absolute Gasteiger partial charge is 0.317 e. The number of unbranched alkanes of at least 4 members (excludes halogenated alkanes) is 4. The molecule has 0 aromatic heterocycles. The number of alkyl halides is 2. The summed E-state index contributed by atoms with van der Waals surface area (Å²) in [7, 11) is 0. The van der Waals surface area contributed by atoms with Gasteiger partial charge in [-0.1, -0.05) is 19.8 Å². The Labute approximate surface area is 86.3 Å². The van der Waals surface area contributed by atoms with Crippen LogP contribution in [0.5, 0.6) is 0 Å². The second-order valence-corrected chi connectivity index (χ2v) is 3.79. The standard InChI is InChI=1S/C11H23F2N/c1-2-3-7-10-14-11(13)8-5-4-6-9-12/h11,14H,2-10H2,1H3/p+1. The number of halogens is 2. The minimum absolute atomic E-state index is 0.267. The van der Waals surface area contributed by atoms with Crippen molar-refractivity contribution in [1.82, 2.24) is 0 Å². The molecule has 1 unspecified atom stereocenters. The molecule has 0 rings (SSSR count). The summed E-state index contributed by atoms with van der Waals surface area (Å²) in [4.78, 5) is 0. The van der Waals surface area contributed by atoms with Gasteiger partial charge in [-0.25, -0.2) is 0 Å². The molecule has 0 amide bonds. The van der Waals surface area contributed by atoms with Crippen molar-refractivity contribution in [2.75, 3.05) is 13.2 Å². The van der Waals surface area contributed by atoms with Crippen molar-refractivity contribution in [3.05, 3.63) is 0 Å². The molecule has 0 aromatic carbocycles. The lowest BCUT2D eigenvalue weighted by Crippen LogP contribution is -2.88. The molecular formula is C11H24F2N+. The third kappa shape index (κ3) is 9.90. The highest BCUT2D eigenvalue weighted by Crippen LogP contribution is 2.02. The summed E-state index contributed by atoms with van der Waals surface area (Å²) in [5, 5.41) is 1.77. The molecule has 0 saturated heterocycles. The van der Waals surface area contributed by atoms with Crippen LogP contribution in [0, 0.1) is 0 Å². The van der Waals surface area contributed by atoms with E-state index in [1.807, 2.05) is 0 Å². The Morgan fingerprint density at radius 2 is 1.86 bits per heavy atom. The van der Waals surface area contributed by atoms with Crippen LogP contribution in [0.4, 0.5) is 8.78 Å². The molecule has 0 heterocycles. The van der Waals surface area contributed by atoms with Crippen molar-refractivity contribution in [2.45, 2.75) is 58.2 Å². The maximum atomic E-state index is 13.1. The third-order valence-electron chi connectivity index (χ3n) is 2.34. The van der Waals surface area contributed by atoms with Gasteiger partial charge in [0.05, 0.1) is 13.2 Å². The zero-order valence-corrected chi connectivity index (χ0v) is 9.27. The second kappa shape index (κ2) is 10.9. The summed E-state index contributed by atoms with van der Waals surface area (Å²) < 4.78 is 24.8. The van der Waals surface area contributed by atoms with Gasteiger partial charge in [-0.2, -0.15) is 4.39 Å². The van der Waals surface area contributed by atoms with Crippen molar-refractivity contribution in [1.29, 1.82) is 0 Å². The molecule has 0 radical (unpaired) electrons. The van der Waals surface area contributed by atoms with Crippen LogP contribution in [0.3, 0.4) is 0 Å². The van der Waals surface area contributed by atoms with E-state index >= 15 is 0 Å². The fourth-order valence-electron chi connectivity index (χ4n) is 1.42. The van der Waals surface area contributed by atoms with E-state index in [2.05, 4.69) is 6.92 Å². The molecule has 1 atom stereocenters. The van der Waals surface area contributed by atoms with E-state index in [4.69, 9.17) is 0 Å². The first-order chi connectivity index (χ1) is 6.81. The normalized spacial score (nSPS) is 13.1. The van der Waals surface area contributed by atoms with Gasteiger partial charge in [0.1, 0.15) is 0 Å². The van der Waals surface area contributed by atoms with Crippen LogP contribution >= 0.6 is 0 Å². The zero-order chi connectivity index (χ0) is 10.6. The van der Waals surface area contributed by atoms with Gasteiger partial charge in [-0.3, -0.25) is 4.39 Å². The molecule has 2 N–H and O–H groups in total. The summed E-state index contributed by atoms with van der Waals surface area (Å²) in [5.74, 6) is 0. The van der Waals surface area contributed by atoms with Gasteiger partial charge in [-0.05, 0) is 25.7 Å². The van der Waals surface area contributed by atoms with Gasteiger partial charge in [0, 0.05) is 6.42 Å². The van der Waals surface area contributed by atoms with Crippen molar-refractivity contribution >= 4 is 0 Å². The monoisotopic (exact) mass is 208 g/mol.